The summed E-state index contributed by atoms with van der Waals surface area (Å²) in [5, 5.41) is 12.1. The number of rotatable bonds is 8. The SMILES string of the molecule is Cc1c(C)c(S(=O)(=O)N(C)C(N)=NCC(NC(=O)OCC2c3ccccc3-c3ccccc32)C(=O)O)c(C)c2c1OC(C)(C)C2. The van der Waals surface area contributed by atoms with Crippen molar-refractivity contribution in [2.24, 2.45) is 10.7 Å². The van der Waals surface area contributed by atoms with Gasteiger partial charge >= 0.3 is 12.1 Å². The maximum atomic E-state index is 13.8. The molecule has 1 heterocycles. The largest absolute Gasteiger partial charge is 0.487 e. The van der Waals surface area contributed by atoms with Gasteiger partial charge in [0.15, 0.2) is 0 Å². The van der Waals surface area contributed by atoms with Crippen LogP contribution in [0.3, 0.4) is 0 Å². The number of aliphatic carboxylic acids is 1. The maximum absolute atomic E-state index is 13.8. The highest BCUT2D eigenvalue weighted by atomic mass is 32.2. The lowest BCUT2D eigenvalue weighted by molar-refractivity contribution is -0.139. The smallest absolute Gasteiger partial charge is 0.407 e. The van der Waals surface area contributed by atoms with Gasteiger partial charge in [-0.15, -0.1) is 0 Å². The Kier molecular flexibility index (Phi) is 8.30. The average molecular weight is 635 g/mol. The lowest BCUT2D eigenvalue weighted by Crippen LogP contribution is -2.45. The zero-order valence-corrected chi connectivity index (χ0v) is 27.0. The number of ether oxygens (including phenoxy) is 2. The molecule has 0 saturated carbocycles. The Morgan fingerprint density at radius 1 is 1.07 bits per heavy atom. The van der Waals surface area contributed by atoms with Crippen LogP contribution in [0.1, 0.15) is 53.1 Å². The molecule has 2 aliphatic rings. The number of hydrogen-bond acceptors (Lipinski definition) is 7. The third kappa shape index (κ3) is 5.82. The van der Waals surface area contributed by atoms with E-state index in [-0.39, 0.29) is 17.4 Å². The first-order chi connectivity index (χ1) is 21.1. The average Bonchev–Trinajstić information content (AvgIpc) is 3.50. The summed E-state index contributed by atoms with van der Waals surface area (Å²) in [6.45, 7) is 8.64. The third-order valence-electron chi connectivity index (χ3n) is 8.60. The van der Waals surface area contributed by atoms with Gasteiger partial charge in [-0.25, -0.2) is 27.3 Å². The molecule has 0 radical (unpaired) electrons. The second-order valence-electron chi connectivity index (χ2n) is 12.1. The molecule has 1 amide bonds. The Labute approximate surface area is 263 Å². The van der Waals surface area contributed by atoms with Crippen LogP contribution in [-0.4, -0.2) is 67.7 Å². The quantitative estimate of drug-likeness (QED) is 0.245. The third-order valence-corrected chi connectivity index (χ3v) is 10.6. The molecular formula is C33H38N4O7S. The van der Waals surface area contributed by atoms with Gasteiger partial charge in [-0.2, -0.15) is 0 Å². The molecule has 0 spiro atoms. The Bertz CT molecular complexity index is 1790. The number of hydrogen-bond donors (Lipinski definition) is 3. The number of nitrogens with two attached hydrogens (primary N) is 1. The van der Waals surface area contributed by atoms with Crippen LogP contribution < -0.4 is 15.8 Å². The monoisotopic (exact) mass is 634 g/mol. The fourth-order valence-corrected chi connectivity index (χ4v) is 7.77. The molecule has 0 aromatic heterocycles. The second kappa shape index (κ2) is 11.7. The fourth-order valence-electron chi connectivity index (χ4n) is 6.14. The van der Waals surface area contributed by atoms with Gasteiger partial charge in [0.25, 0.3) is 10.0 Å². The molecule has 11 nitrogen and oxygen atoms in total. The van der Waals surface area contributed by atoms with Crippen LogP contribution in [0, 0.1) is 20.8 Å². The molecule has 3 aromatic rings. The molecular weight excluding hydrogens is 596 g/mol. The second-order valence-corrected chi connectivity index (χ2v) is 14.0. The van der Waals surface area contributed by atoms with Crippen LogP contribution in [0.4, 0.5) is 4.79 Å². The van der Waals surface area contributed by atoms with Crippen molar-refractivity contribution in [3.05, 3.63) is 81.9 Å². The molecule has 12 heteroatoms. The van der Waals surface area contributed by atoms with E-state index in [2.05, 4.69) is 10.3 Å². The van der Waals surface area contributed by atoms with Crippen molar-refractivity contribution in [1.82, 2.24) is 9.62 Å². The van der Waals surface area contributed by atoms with Crippen LogP contribution in [0.2, 0.25) is 0 Å². The minimum Gasteiger partial charge on any atom is -0.487 e. The number of aliphatic imine (C=N–C) groups is 1. The molecule has 1 unspecified atom stereocenters. The van der Waals surface area contributed by atoms with E-state index in [0.29, 0.717) is 23.3 Å². The molecule has 1 aliphatic heterocycles. The number of carboxylic acids is 1. The van der Waals surface area contributed by atoms with E-state index in [1.807, 2.05) is 69.3 Å². The van der Waals surface area contributed by atoms with Crippen LogP contribution in [-0.2, 0) is 26.0 Å². The standard InChI is InChI=1S/C33H38N4O7S/c1-18-19(2)29(20(3)25-15-33(4,5)44-28(18)25)45(41,42)37(6)31(34)35-16-27(30(38)39)36-32(40)43-17-26-23-13-9-7-11-21(23)22-12-8-10-14-24(22)26/h7-14,26-27H,15-17H2,1-6H3,(H2,34,35)(H,36,40)(H,38,39). The Morgan fingerprint density at radius 2 is 1.64 bits per heavy atom. The van der Waals surface area contributed by atoms with Gasteiger partial charge in [0, 0.05) is 24.9 Å². The molecule has 0 fully saturated rings. The normalized spacial score (nSPS) is 15.8. The van der Waals surface area contributed by atoms with E-state index in [1.54, 1.807) is 13.8 Å². The number of alkyl carbamates (subject to hydrolysis) is 1. The molecule has 1 atom stereocenters. The molecule has 5 rings (SSSR count). The van der Waals surface area contributed by atoms with Crippen molar-refractivity contribution < 1.29 is 32.6 Å². The highest BCUT2D eigenvalue weighted by Gasteiger charge is 2.38. The van der Waals surface area contributed by atoms with E-state index >= 15 is 0 Å². The van der Waals surface area contributed by atoms with Crippen molar-refractivity contribution in [3.8, 4) is 16.9 Å². The molecule has 3 aromatic carbocycles. The van der Waals surface area contributed by atoms with Crippen molar-refractivity contribution in [2.75, 3.05) is 20.2 Å². The molecule has 238 valence electrons. The van der Waals surface area contributed by atoms with Crippen LogP contribution in [0.5, 0.6) is 5.75 Å². The summed E-state index contributed by atoms with van der Waals surface area (Å²) in [5.41, 5.74) is 12.4. The number of fused-ring (bicyclic) bond motifs is 4. The zero-order chi connectivity index (χ0) is 32.8. The molecule has 0 bridgehead atoms. The summed E-state index contributed by atoms with van der Waals surface area (Å²) in [6, 6.07) is 14.2. The summed E-state index contributed by atoms with van der Waals surface area (Å²) >= 11 is 0. The number of carboxylic acid groups (broad SMARTS) is 1. The molecule has 45 heavy (non-hydrogen) atoms. The first-order valence-electron chi connectivity index (χ1n) is 14.6. The van der Waals surface area contributed by atoms with Crippen molar-refractivity contribution in [1.29, 1.82) is 0 Å². The van der Waals surface area contributed by atoms with E-state index in [0.717, 1.165) is 37.7 Å². The van der Waals surface area contributed by atoms with Gasteiger partial charge < -0.3 is 25.6 Å². The lowest BCUT2D eigenvalue weighted by atomic mass is 9.94. The van der Waals surface area contributed by atoms with Gasteiger partial charge in [0.05, 0.1) is 11.4 Å². The number of amides is 1. The van der Waals surface area contributed by atoms with Crippen LogP contribution in [0.25, 0.3) is 11.1 Å². The van der Waals surface area contributed by atoms with E-state index in [9.17, 15) is 23.1 Å². The minimum atomic E-state index is -4.18. The number of benzene rings is 3. The fraction of sp³-hybridized carbons (Fsp3) is 0.364. The Hall–Kier alpha value is -4.58. The zero-order valence-electron chi connectivity index (χ0n) is 26.2. The van der Waals surface area contributed by atoms with E-state index < -0.39 is 46.2 Å². The number of nitrogens with one attached hydrogen (secondary N) is 1. The van der Waals surface area contributed by atoms with Crippen molar-refractivity contribution in [2.45, 2.75) is 63.5 Å². The highest BCUT2D eigenvalue weighted by molar-refractivity contribution is 7.89. The minimum absolute atomic E-state index is 0.000291. The van der Waals surface area contributed by atoms with E-state index in [4.69, 9.17) is 15.2 Å². The predicted molar refractivity (Wildman–Crippen MR) is 170 cm³/mol. The van der Waals surface area contributed by atoms with E-state index in [1.165, 1.54) is 7.05 Å². The number of guanidine groups is 1. The first kappa shape index (κ1) is 31.8. The highest BCUT2D eigenvalue weighted by Crippen LogP contribution is 2.45. The summed E-state index contributed by atoms with van der Waals surface area (Å²) in [7, 11) is -2.92. The van der Waals surface area contributed by atoms with Gasteiger partial charge in [-0.1, -0.05) is 48.5 Å². The van der Waals surface area contributed by atoms with Gasteiger partial charge in [0.1, 0.15) is 24.0 Å². The maximum Gasteiger partial charge on any atom is 0.407 e. The summed E-state index contributed by atoms with van der Waals surface area (Å²) in [4.78, 5) is 28.8. The molecule has 4 N–H and O–H groups in total. The summed E-state index contributed by atoms with van der Waals surface area (Å²) in [5.74, 6) is -1.31. The van der Waals surface area contributed by atoms with Gasteiger partial charge in [-0.3, -0.25) is 0 Å². The Balaban J connectivity index is 1.28. The van der Waals surface area contributed by atoms with Gasteiger partial charge in [-0.05, 0) is 73.6 Å². The number of carbonyl (C=O) groups is 2. The Morgan fingerprint density at radius 3 is 2.22 bits per heavy atom. The number of sulfonamides is 1. The van der Waals surface area contributed by atoms with Crippen LogP contribution >= 0.6 is 0 Å². The predicted octanol–water partition coefficient (Wildman–Crippen LogP) is 4.25. The number of nitrogens with zero attached hydrogens (tertiary/aromatic N) is 2. The van der Waals surface area contributed by atoms with Crippen molar-refractivity contribution >= 4 is 28.0 Å². The summed E-state index contributed by atoms with van der Waals surface area (Å²) in [6.07, 6.45) is -0.392. The molecule has 0 saturated heterocycles. The van der Waals surface area contributed by atoms with Gasteiger partial charge in [0.2, 0.25) is 5.96 Å². The lowest BCUT2D eigenvalue weighted by Gasteiger charge is -2.24. The topological polar surface area (TPSA) is 161 Å². The molecule has 1 aliphatic carbocycles. The summed E-state index contributed by atoms with van der Waals surface area (Å²) < 4.78 is 40.0. The van der Waals surface area contributed by atoms with Crippen LogP contribution in [0.15, 0.2) is 58.4 Å². The number of carbonyl (C=O) groups excluding carboxylic acids is 1. The van der Waals surface area contributed by atoms with Crippen molar-refractivity contribution in [3.63, 3.8) is 0 Å². The first-order valence-corrected chi connectivity index (χ1v) is 16.0.